The molecule has 2 N–H and O–H groups in total. The number of H-pyrrole nitrogens is 1. The first-order valence-electron chi connectivity index (χ1n) is 9.23. The molecule has 148 valence electrons. The average molecular weight is 404 g/mol. The maximum atomic E-state index is 11.2. The second-order valence-corrected chi connectivity index (χ2v) is 7.34. The number of oxazole rings is 1. The van der Waals surface area contributed by atoms with Gasteiger partial charge in [0, 0.05) is 49.5 Å². The van der Waals surface area contributed by atoms with E-state index in [-0.39, 0.29) is 6.61 Å². The Morgan fingerprint density at radius 3 is 2.64 bits per heavy atom. The number of aliphatic hydroxyl groups excluding tert-OH is 1. The molecule has 1 atom stereocenters. The van der Waals surface area contributed by atoms with Crippen LogP contribution in [0.5, 0.6) is 5.75 Å². The largest absolute Gasteiger partial charge is 0.491 e. The number of fused-ring (bicyclic) bond motifs is 1. The van der Waals surface area contributed by atoms with Gasteiger partial charge in [-0.1, -0.05) is 11.6 Å². The highest BCUT2D eigenvalue weighted by Crippen LogP contribution is 2.20. The first-order valence-corrected chi connectivity index (χ1v) is 9.61. The Bertz CT molecular complexity index is 977. The summed E-state index contributed by atoms with van der Waals surface area (Å²) in [5.41, 5.74) is 2.23. The molecule has 28 heavy (non-hydrogen) atoms. The van der Waals surface area contributed by atoms with Crippen LogP contribution in [0.2, 0.25) is 5.02 Å². The third kappa shape index (κ3) is 4.49. The Labute approximate surface area is 167 Å². The van der Waals surface area contributed by atoms with E-state index < -0.39 is 11.9 Å². The number of rotatable bonds is 6. The molecule has 7 nitrogen and oxygen atoms in total. The third-order valence-electron chi connectivity index (χ3n) is 4.87. The predicted octanol–water partition coefficient (Wildman–Crippen LogP) is 2.34. The number of halogens is 1. The van der Waals surface area contributed by atoms with Gasteiger partial charge in [-0.15, -0.1) is 0 Å². The number of hydrogen-bond acceptors (Lipinski definition) is 6. The maximum absolute atomic E-state index is 11.2. The molecular weight excluding hydrogens is 382 g/mol. The first-order chi connectivity index (χ1) is 13.6. The summed E-state index contributed by atoms with van der Waals surface area (Å²) in [6, 6.07) is 13.0. The minimum Gasteiger partial charge on any atom is -0.491 e. The molecule has 0 bridgehead atoms. The molecule has 1 aliphatic heterocycles. The summed E-state index contributed by atoms with van der Waals surface area (Å²) in [6.45, 7) is 4.28. The van der Waals surface area contributed by atoms with Crippen LogP contribution in [0, 0.1) is 0 Å². The highest BCUT2D eigenvalue weighted by atomic mass is 35.5. The summed E-state index contributed by atoms with van der Waals surface area (Å²) in [4.78, 5) is 18.3. The lowest BCUT2D eigenvalue weighted by atomic mass is 10.2. The lowest BCUT2D eigenvalue weighted by Crippen LogP contribution is -2.49. The van der Waals surface area contributed by atoms with Gasteiger partial charge in [0.1, 0.15) is 18.5 Å². The SMILES string of the molecule is O=c1[nH]c2ccc(OC[C@@H](O)CN3CCN(c4ccc(Cl)cc4)CC3)cc2o1. The number of piperazine rings is 1. The van der Waals surface area contributed by atoms with Gasteiger partial charge in [0.05, 0.1) is 5.52 Å². The van der Waals surface area contributed by atoms with Gasteiger partial charge in [0.25, 0.3) is 0 Å². The van der Waals surface area contributed by atoms with Crippen LogP contribution in [0.3, 0.4) is 0 Å². The Hall–Kier alpha value is -2.48. The van der Waals surface area contributed by atoms with E-state index in [4.69, 9.17) is 20.8 Å². The van der Waals surface area contributed by atoms with Crippen LogP contribution in [0.25, 0.3) is 11.1 Å². The number of aromatic nitrogens is 1. The molecule has 0 saturated carbocycles. The summed E-state index contributed by atoms with van der Waals surface area (Å²) >= 11 is 5.95. The van der Waals surface area contributed by atoms with Gasteiger partial charge in [0.2, 0.25) is 0 Å². The van der Waals surface area contributed by atoms with Gasteiger partial charge in [-0.05, 0) is 36.4 Å². The molecule has 0 amide bonds. The highest BCUT2D eigenvalue weighted by Gasteiger charge is 2.20. The average Bonchev–Trinajstić information content (AvgIpc) is 3.07. The number of aromatic amines is 1. The van der Waals surface area contributed by atoms with Gasteiger partial charge in [0.15, 0.2) is 5.58 Å². The van der Waals surface area contributed by atoms with Crippen LogP contribution < -0.4 is 15.4 Å². The quantitative estimate of drug-likeness (QED) is 0.657. The molecule has 1 fully saturated rings. The summed E-state index contributed by atoms with van der Waals surface area (Å²) in [5.74, 6) is 0.0618. The highest BCUT2D eigenvalue weighted by molar-refractivity contribution is 6.30. The van der Waals surface area contributed by atoms with Crippen LogP contribution in [0.1, 0.15) is 0 Å². The van der Waals surface area contributed by atoms with Crippen LogP contribution in [0.4, 0.5) is 5.69 Å². The minimum atomic E-state index is -0.601. The van der Waals surface area contributed by atoms with Crippen LogP contribution in [0.15, 0.2) is 51.7 Å². The lowest BCUT2D eigenvalue weighted by molar-refractivity contribution is 0.0663. The summed E-state index contributed by atoms with van der Waals surface area (Å²) in [7, 11) is 0. The van der Waals surface area contributed by atoms with Crippen LogP contribution in [-0.4, -0.2) is 60.4 Å². The first kappa shape index (κ1) is 18.9. The molecule has 4 rings (SSSR count). The van der Waals surface area contributed by atoms with E-state index in [0.717, 1.165) is 31.2 Å². The predicted molar refractivity (Wildman–Crippen MR) is 108 cm³/mol. The Balaban J connectivity index is 1.24. The number of anilines is 1. The third-order valence-corrected chi connectivity index (χ3v) is 5.12. The fourth-order valence-electron chi connectivity index (χ4n) is 3.40. The molecule has 2 aromatic carbocycles. The topological polar surface area (TPSA) is 81.9 Å². The van der Waals surface area contributed by atoms with Crippen molar-refractivity contribution >= 4 is 28.4 Å². The summed E-state index contributed by atoms with van der Waals surface area (Å²) in [6.07, 6.45) is -0.601. The van der Waals surface area contributed by atoms with E-state index in [9.17, 15) is 9.90 Å². The van der Waals surface area contributed by atoms with Crippen molar-refractivity contribution in [2.24, 2.45) is 0 Å². The smallest absolute Gasteiger partial charge is 0.417 e. The molecule has 0 spiro atoms. The van der Waals surface area contributed by atoms with E-state index in [2.05, 4.69) is 14.8 Å². The van der Waals surface area contributed by atoms with Crippen LogP contribution >= 0.6 is 11.6 Å². The van der Waals surface area contributed by atoms with Crippen molar-refractivity contribution in [1.29, 1.82) is 0 Å². The summed E-state index contributed by atoms with van der Waals surface area (Å²) in [5, 5.41) is 11.1. The number of benzene rings is 2. The summed E-state index contributed by atoms with van der Waals surface area (Å²) < 4.78 is 10.7. The van der Waals surface area contributed by atoms with Gasteiger partial charge in [-0.25, -0.2) is 4.79 Å². The van der Waals surface area contributed by atoms with Gasteiger partial charge >= 0.3 is 5.76 Å². The van der Waals surface area contributed by atoms with Crippen molar-refractivity contribution < 1.29 is 14.3 Å². The van der Waals surface area contributed by atoms with E-state index in [1.807, 2.05) is 24.3 Å². The van der Waals surface area contributed by atoms with Crippen molar-refractivity contribution in [3.63, 3.8) is 0 Å². The van der Waals surface area contributed by atoms with Gasteiger partial charge in [-0.2, -0.15) is 0 Å². The standard InChI is InChI=1S/C20H22ClN3O4/c21-14-1-3-15(4-2-14)24-9-7-23(8-10-24)12-16(25)13-27-17-5-6-18-19(11-17)28-20(26)22-18/h1-6,11,16,25H,7-10,12-13H2,(H,22,26)/t16-/m0/s1. The molecule has 1 saturated heterocycles. The molecule has 0 radical (unpaired) electrons. The van der Waals surface area contributed by atoms with Crippen molar-refractivity contribution in [2.75, 3.05) is 44.2 Å². The normalized spacial score (nSPS) is 16.4. The fraction of sp³-hybridized carbons (Fsp3) is 0.350. The van der Waals surface area contributed by atoms with E-state index in [1.165, 1.54) is 5.69 Å². The zero-order valence-electron chi connectivity index (χ0n) is 15.3. The Morgan fingerprint density at radius 1 is 1.14 bits per heavy atom. The van der Waals surface area contributed by atoms with Crippen molar-refractivity contribution in [2.45, 2.75) is 6.10 Å². The van der Waals surface area contributed by atoms with E-state index in [0.29, 0.717) is 23.4 Å². The van der Waals surface area contributed by atoms with E-state index in [1.54, 1.807) is 18.2 Å². The molecule has 0 unspecified atom stereocenters. The maximum Gasteiger partial charge on any atom is 0.417 e. The Kier molecular flexibility index (Phi) is 5.57. The number of nitrogens with one attached hydrogen (secondary N) is 1. The van der Waals surface area contributed by atoms with Gasteiger partial charge < -0.3 is 19.2 Å². The molecule has 3 aromatic rings. The van der Waals surface area contributed by atoms with Gasteiger partial charge in [-0.3, -0.25) is 9.88 Å². The number of nitrogens with zero attached hydrogens (tertiary/aromatic N) is 2. The molecular formula is C20H22ClN3O4. The molecule has 8 heteroatoms. The fourth-order valence-corrected chi connectivity index (χ4v) is 3.53. The minimum absolute atomic E-state index is 0.178. The van der Waals surface area contributed by atoms with Crippen molar-refractivity contribution in [3.05, 3.63) is 58.0 Å². The molecule has 0 aliphatic carbocycles. The van der Waals surface area contributed by atoms with Crippen molar-refractivity contribution in [3.8, 4) is 5.75 Å². The molecule has 2 heterocycles. The zero-order chi connectivity index (χ0) is 19.5. The number of β-amino-alcohol motifs (C(OH)–C–C–N with tert-alkyl or cyclic N) is 1. The second kappa shape index (κ2) is 8.26. The second-order valence-electron chi connectivity index (χ2n) is 6.90. The van der Waals surface area contributed by atoms with Crippen LogP contribution in [-0.2, 0) is 0 Å². The monoisotopic (exact) mass is 403 g/mol. The van der Waals surface area contributed by atoms with Crippen molar-refractivity contribution in [1.82, 2.24) is 9.88 Å². The zero-order valence-corrected chi connectivity index (χ0v) is 16.1. The Morgan fingerprint density at radius 2 is 1.89 bits per heavy atom. The molecule has 1 aromatic heterocycles. The number of aliphatic hydroxyl groups is 1. The number of hydrogen-bond donors (Lipinski definition) is 2. The lowest BCUT2D eigenvalue weighted by Gasteiger charge is -2.36. The number of ether oxygens (including phenoxy) is 1. The molecule has 1 aliphatic rings. The van der Waals surface area contributed by atoms with E-state index >= 15 is 0 Å².